The highest BCUT2D eigenvalue weighted by molar-refractivity contribution is 6.00. The molecule has 20 heavy (non-hydrogen) atoms. The molecule has 0 bridgehead atoms. The first-order valence-electron chi connectivity index (χ1n) is 7.28. The van der Waals surface area contributed by atoms with Crippen LogP contribution in [0.4, 0.5) is 11.4 Å². The molecule has 106 valence electrons. The minimum atomic E-state index is 0.770. The summed E-state index contributed by atoms with van der Waals surface area (Å²) in [7, 11) is 0. The number of aromatic nitrogens is 1. The van der Waals surface area contributed by atoms with Crippen LogP contribution >= 0.6 is 0 Å². The summed E-state index contributed by atoms with van der Waals surface area (Å²) in [6, 6.07) is 5.95. The molecule has 1 fully saturated rings. The summed E-state index contributed by atoms with van der Waals surface area (Å²) in [6.07, 6.45) is 7.33. The molecule has 1 aromatic heterocycles. The van der Waals surface area contributed by atoms with E-state index >= 15 is 0 Å². The smallest absolute Gasteiger partial charge is 0.0494 e. The van der Waals surface area contributed by atoms with Crippen molar-refractivity contribution in [1.29, 1.82) is 0 Å². The highest BCUT2D eigenvalue weighted by Crippen LogP contribution is 2.29. The lowest BCUT2D eigenvalue weighted by atomic mass is 10.1. The molecule has 0 amide bonds. The van der Waals surface area contributed by atoms with E-state index in [1.807, 2.05) is 24.4 Å². The van der Waals surface area contributed by atoms with Crippen LogP contribution in [0.25, 0.3) is 10.8 Å². The number of nitrogens with two attached hydrogens (primary N) is 1. The molecule has 0 unspecified atom stereocenters. The summed E-state index contributed by atoms with van der Waals surface area (Å²) >= 11 is 0. The number of hydrogen-bond donors (Lipinski definition) is 2. The average molecular weight is 271 g/mol. The highest BCUT2D eigenvalue weighted by Gasteiger charge is 2.20. The summed E-state index contributed by atoms with van der Waals surface area (Å²) in [6.45, 7) is 2.68. The number of hydrogen-bond acceptors (Lipinski definition) is 4. The van der Waals surface area contributed by atoms with Crippen molar-refractivity contribution in [1.82, 2.24) is 4.98 Å². The zero-order chi connectivity index (χ0) is 13.8. The molecule has 1 aliphatic rings. The predicted molar refractivity (Wildman–Crippen MR) is 82.8 cm³/mol. The Labute approximate surface area is 119 Å². The molecule has 4 nitrogen and oxygen atoms in total. The SMILES string of the molecule is Nc1ccc(NCCCOCC2CC2)c2ccncc12. The Morgan fingerprint density at radius 1 is 1.25 bits per heavy atom. The molecule has 0 radical (unpaired) electrons. The molecule has 1 heterocycles. The lowest BCUT2D eigenvalue weighted by molar-refractivity contribution is 0.124. The number of nitrogen functional groups attached to an aromatic ring is 1. The number of ether oxygens (including phenoxy) is 1. The highest BCUT2D eigenvalue weighted by atomic mass is 16.5. The Bertz CT molecular complexity index is 581. The van der Waals surface area contributed by atoms with Crippen LogP contribution in [0.2, 0.25) is 0 Å². The number of anilines is 2. The fraction of sp³-hybridized carbons (Fsp3) is 0.438. The number of nitrogens with one attached hydrogen (secondary N) is 1. The van der Waals surface area contributed by atoms with Crippen molar-refractivity contribution in [2.24, 2.45) is 5.92 Å². The number of fused-ring (bicyclic) bond motifs is 1. The van der Waals surface area contributed by atoms with Gasteiger partial charge in [-0.3, -0.25) is 4.98 Å². The van der Waals surface area contributed by atoms with Crippen LogP contribution in [0.15, 0.2) is 30.6 Å². The van der Waals surface area contributed by atoms with Gasteiger partial charge in [-0.2, -0.15) is 0 Å². The standard InChI is InChI=1S/C16H21N3O/c17-15-4-5-16(13-6-8-18-10-14(13)15)19-7-1-9-20-11-12-2-3-12/h4-6,8,10,12,19H,1-3,7,9,11,17H2. The van der Waals surface area contributed by atoms with Gasteiger partial charge in [0.25, 0.3) is 0 Å². The second kappa shape index (κ2) is 6.09. The normalized spacial score (nSPS) is 14.6. The van der Waals surface area contributed by atoms with Gasteiger partial charge in [-0.1, -0.05) is 0 Å². The van der Waals surface area contributed by atoms with Crippen molar-refractivity contribution in [2.75, 3.05) is 30.8 Å². The van der Waals surface area contributed by atoms with E-state index in [4.69, 9.17) is 10.5 Å². The number of nitrogens with zero attached hydrogens (tertiary/aromatic N) is 1. The van der Waals surface area contributed by atoms with Gasteiger partial charge in [0.05, 0.1) is 0 Å². The van der Waals surface area contributed by atoms with E-state index in [1.54, 1.807) is 6.20 Å². The molecular formula is C16H21N3O. The van der Waals surface area contributed by atoms with Gasteiger partial charge in [-0.15, -0.1) is 0 Å². The van der Waals surface area contributed by atoms with Gasteiger partial charge in [0.15, 0.2) is 0 Å². The summed E-state index contributed by atoms with van der Waals surface area (Å²) in [4.78, 5) is 4.13. The van der Waals surface area contributed by atoms with E-state index in [2.05, 4.69) is 10.3 Å². The zero-order valence-electron chi connectivity index (χ0n) is 11.6. The Balaban J connectivity index is 1.53. The molecule has 1 aliphatic carbocycles. The minimum Gasteiger partial charge on any atom is -0.398 e. The van der Waals surface area contributed by atoms with Crippen LogP contribution in [0.5, 0.6) is 0 Å². The number of pyridine rings is 1. The molecule has 3 N–H and O–H groups in total. The van der Waals surface area contributed by atoms with Crippen LogP contribution in [0.3, 0.4) is 0 Å². The summed E-state index contributed by atoms with van der Waals surface area (Å²) in [5, 5.41) is 5.58. The Morgan fingerprint density at radius 2 is 2.15 bits per heavy atom. The quantitative estimate of drug-likeness (QED) is 0.600. The Morgan fingerprint density at radius 3 is 3.00 bits per heavy atom. The summed E-state index contributed by atoms with van der Waals surface area (Å²) in [5.41, 5.74) is 7.85. The zero-order valence-corrected chi connectivity index (χ0v) is 11.6. The van der Waals surface area contributed by atoms with Crippen LogP contribution < -0.4 is 11.1 Å². The second-order valence-corrected chi connectivity index (χ2v) is 5.42. The van der Waals surface area contributed by atoms with Gasteiger partial charge in [-0.05, 0) is 43.4 Å². The molecule has 0 aliphatic heterocycles. The van der Waals surface area contributed by atoms with Crippen LogP contribution in [-0.4, -0.2) is 24.7 Å². The van der Waals surface area contributed by atoms with Crippen LogP contribution in [0.1, 0.15) is 19.3 Å². The maximum atomic E-state index is 5.97. The fourth-order valence-corrected chi connectivity index (χ4v) is 2.30. The molecule has 2 aromatic rings. The van der Waals surface area contributed by atoms with E-state index in [0.717, 1.165) is 54.2 Å². The van der Waals surface area contributed by atoms with Crippen molar-refractivity contribution < 1.29 is 4.74 Å². The number of rotatable bonds is 7. The molecule has 3 rings (SSSR count). The van der Waals surface area contributed by atoms with Gasteiger partial charge < -0.3 is 15.8 Å². The van der Waals surface area contributed by atoms with E-state index in [0.29, 0.717) is 0 Å². The molecule has 0 atom stereocenters. The van der Waals surface area contributed by atoms with Gasteiger partial charge in [0.2, 0.25) is 0 Å². The average Bonchev–Trinajstić information content (AvgIpc) is 3.29. The Hall–Kier alpha value is -1.81. The van der Waals surface area contributed by atoms with Gasteiger partial charge in [0, 0.05) is 54.3 Å². The topological polar surface area (TPSA) is 60.2 Å². The maximum absolute atomic E-state index is 5.97. The first kappa shape index (κ1) is 13.2. The van der Waals surface area contributed by atoms with E-state index in [1.165, 1.54) is 12.8 Å². The largest absolute Gasteiger partial charge is 0.398 e. The lowest BCUT2D eigenvalue weighted by Crippen LogP contribution is -2.07. The molecular weight excluding hydrogens is 250 g/mol. The molecule has 1 aromatic carbocycles. The third-order valence-electron chi connectivity index (χ3n) is 3.68. The van der Waals surface area contributed by atoms with E-state index in [-0.39, 0.29) is 0 Å². The first-order chi connectivity index (χ1) is 9.84. The van der Waals surface area contributed by atoms with Crippen molar-refractivity contribution in [3.05, 3.63) is 30.6 Å². The minimum absolute atomic E-state index is 0.770. The molecule has 0 saturated heterocycles. The van der Waals surface area contributed by atoms with Crippen molar-refractivity contribution >= 4 is 22.1 Å². The van der Waals surface area contributed by atoms with Gasteiger partial charge in [-0.25, -0.2) is 0 Å². The van der Waals surface area contributed by atoms with Crippen LogP contribution in [-0.2, 0) is 4.74 Å². The van der Waals surface area contributed by atoms with Gasteiger partial charge in [0.1, 0.15) is 0 Å². The third-order valence-corrected chi connectivity index (χ3v) is 3.68. The predicted octanol–water partition coefficient (Wildman–Crippen LogP) is 3.05. The van der Waals surface area contributed by atoms with E-state index in [9.17, 15) is 0 Å². The van der Waals surface area contributed by atoms with Crippen molar-refractivity contribution in [3.8, 4) is 0 Å². The first-order valence-corrected chi connectivity index (χ1v) is 7.28. The molecule has 0 spiro atoms. The number of benzene rings is 1. The second-order valence-electron chi connectivity index (χ2n) is 5.42. The van der Waals surface area contributed by atoms with Gasteiger partial charge >= 0.3 is 0 Å². The lowest BCUT2D eigenvalue weighted by Gasteiger charge is -2.11. The van der Waals surface area contributed by atoms with Crippen molar-refractivity contribution in [3.63, 3.8) is 0 Å². The fourth-order valence-electron chi connectivity index (χ4n) is 2.30. The maximum Gasteiger partial charge on any atom is 0.0494 e. The summed E-state index contributed by atoms with van der Waals surface area (Å²) < 4.78 is 5.63. The summed E-state index contributed by atoms with van der Waals surface area (Å²) in [5.74, 6) is 0.844. The van der Waals surface area contributed by atoms with E-state index < -0.39 is 0 Å². The van der Waals surface area contributed by atoms with Crippen LogP contribution in [0, 0.1) is 5.92 Å². The Kier molecular flexibility index (Phi) is 4.02. The monoisotopic (exact) mass is 271 g/mol. The third kappa shape index (κ3) is 3.20. The van der Waals surface area contributed by atoms with Crippen molar-refractivity contribution in [2.45, 2.75) is 19.3 Å². The molecule has 1 saturated carbocycles. The molecule has 4 heteroatoms.